The Morgan fingerprint density at radius 1 is 1.53 bits per heavy atom. The highest BCUT2D eigenvalue weighted by Crippen LogP contribution is 2.36. The van der Waals surface area contributed by atoms with Crippen molar-refractivity contribution in [1.29, 1.82) is 0 Å². The van der Waals surface area contributed by atoms with Crippen LogP contribution in [0.4, 0.5) is 0 Å². The summed E-state index contributed by atoms with van der Waals surface area (Å²) in [4.78, 5) is 12.1. The highest BCUT2D eigenvalue weighted by Gasteiger charge is 2.35. The molecular weight excluding hydrogens is 212 g/mol. The van der Waals surface area contributed by atoms with Gasteiger partial charge in [0.25, 0.3) is 0 Å². The number of aromatic amines is 1. The number of imidazole rings is 1. The molecule has 0 amide bonds. The van der Waals surface area contributed by atoms with Crippen LogP contribution < -0.4 is 5.73 Å². The number of nitrogens with two attached hydrogens (primary N) is 1. The SMILES string of the molecule is CC1CCCC(N)(c2nc3ncccc3[nH]2)C1. The highest BCUT2D eigenvalue weighted by atomic mass is 15.0. The van der Waals surface area contributed by atoms with Gasteiger partial charge in [-0.2, -0.15) is 0 Å². The number of nitrogens with one attached hydrogen (secondary N) is 1. The van der Waals surface area contributed by atoms with E-state index in [4.69, 9.17) is 5.73 Å². The maximum Gasteiger partial charge on any atom is 0.177 e. The van der Waals surface area contributed by atoms with Crippen LogP contribution in [0.15, 0.2) is 18.3 Å². The van der Waals surface area contributed by atoms with Gasteiger partial charge in [-0.25, -0.2) is 9.97 Å². The average molecular weight is 230 g/mol. The van der Waals surface area contributed by atoms with Gasteiger partial charge in [-0.3, -0.25) is 0 Å². The quantitative estimate of drug-likeness (QED) is 0.790. The van der Waals surface area contributed by atoms with Gasteiger partial charge in [0.05, 0.1) is 11.1 Å². The third-order valence-corrected chi connectivity index (χ3v) is 3.76. The van der Waals surface area contributed by atoms with E-state index in [0.29, 0.717) is 5.92 Å². The lowest BCUT2D eigenvalue weighted by Crippen LogP contribution is -2.42. The monoisotopic (exact) mass is 230 g/mol. The summed E-state index contributed by atoms with van der Waals surface area (Å²) < 4.78 is 0. The van der Waals surface area contributed by atoms with Crippen molar-refractivity contribution in [3.05, 3.63) is 24.2 Å². The summed E-state index contributed by atoms with van der Waals surface area (Å²) in [6.45, 7) is 2.27. The van der Waals surface area contributed by atoms with E-state index in [1.807, 2.05) is 12.1 Å². The molecule has 2 aromatic heterocycles. The molecule has 1 aliphatic rings. The normalized spacial score (nSPS) is 29.6. The molecule has 4 heteroatoms. The minimum Gasteiger partial charge on any atom is -0.339 e. The summed E-state index contributed by atoms with van der Waals surface area (Å²) in [5, 5.41) is 0. The largest absolute Gasteiger partial charge is 0.339 e. The van der Waals surface area contributed by atoms with Crippen LogP contribution >= 0.6 is 0 Å². The van der Waals surface area contributed by atoms with Gasteiger partial charge in [0.2, 0.25) is 0 Å². The highest BCUT2D eigenvalue weighted by molar-refractivity contribution is 5.70. The average Bonchev–Trinajstić information content (AvgIpc) is 2.73. The Hall–Kier alpha value is -1.42. The third-order valence-electron chi connectivity index (χ3n) is 3.76. The van der Waals surface area contributed by atoms with Crippen LogP contribution in [0, 0.1) is 5.92 Å². The zero-order chi connectivity index (χ0) is 11.9. The molecule has 90 valence electrons. The molecule has 0 radical (unpaired) electrons. The van der Waals surface area contributed by atoms with Crippen molar-refractivity contribution in [1.82, 2.24) is 15.0 Å². The molecule has 2 unspecified atom stereocenters. The molecular formula is C13H18N4. The first-order valence-corrected chi connectivity index (χ1v) is 6.27. The lowest BCUT2D eigenvalue weighted by Gasteiger charge is -2.34. The lowest BCUT2D eigenvalue weighted by atomic mass is 9.76. The van der Waals surface area contributed by atoms with Crippen molar-refractivity contribution in [2.75, 3.05) is 0 Å². The fraction of sp³-hybridized carbons (Fsp3) is 0.538. The van der Waals surface area contributed by atoms with Gasteiger partial charge in [-0.15, -0.1) is 0 Å². The first kappa shape index (κ1) is 10.7. The predicted octanol–water partition coefficient (Wildman–Crippen LogP) is 2.32. The smallest absolute Gasteiger partial charge is 0.177 e. The Bertz CT molecular complexity index is 500. The number of hydrogen-bond donors (Lipinski definition) is 2. The molecule has 3 N–H and O–H groups in total. The first-order valence-electron chi connectivity index (χ1n) is 6.27. The number of aromatic nitrogens is 3. The zero-order valence-corrected chi connectivity index (χ0v) is 10.1. The second kappa shape index (κ2) is 3.81. The molecule has 0 aliphatic heterocycles. The molecule has 1 saturated carbocycles. The molecule has 1 fully saturated rings. The minimum absolute atomic E-state index is 0.293. The van der Waals surface area contributed by atoms with Crippen LogP contribution in [0.25, 0.3) is 11.2 Å². The summed E-state index contributed by atoms with van der Waals surface area (Å²) in [5.74, 6) is 1.58. The summed E-state index contributed by atoms with van der Waals surface area (Å²) >= 11 is 0. The summed E-state index contributed by atoms with van der Waals surface area (Å²) in [7, 11) is 0. The standard InChI is InChI=1S/C13H18N4/c1-9-4-2-6-13(14,8-9)12-16-10-5-3-7-15-11(10)17-12/h3,5,7,9H,2,4,6,8,14H2,1H3,(H,15,16,17). The van der Waals surface area contributed by atoms with E-state index in [1.54, 1.807) is 6.20 Å². The van der Waals surface area contributed by atoms with Crippen molar-refractivity contribution in [2.45, 2.75) is 38.1 Å². The van der Waals surface area contributed by atoms with Crippen molar-refractivity contribution in [2.24, 2.45) is 11.7 Å². The third kappa shape index (κ3) is 1.82. The molecule has 2 aromatic rings. The fourth-order valence-corrected chi connectivity index (χ4v) is 2.89. The topological polar surface area (TPSA) is 67.6 Å². The van der Waals surface area contributed by atoms with Gasteiger partial charge >= 0.3 is 0 Å². The molecule has 2 atom stereocenters. The van der Waals surface area contributed by atoms with E-state index in [-0.39, 0.29) is 5.54 Å². The van der Waals surface area contributed by atoms with Crippen LogP contribution in [0.3, 0.4) is 0 Å². The summed E-state index contributed by atoms with van der Waals surface area (Å²) in [6.07, 6.45) is 6.24. The minimum atomic E-state index is -0.293. The van der Waals surface area contributed by atoms with E-state index >= 15 is 0 Å². The van der Waals surface area contributed by atoms with E-state index < -0.39 is 0 Å². The number of pyridine rings is 1. The summed E-state index contributed by atoms with van der Waals surface area (Å²) in [6, 6.07) is 3.91. The van der Waals surface area contributed by atoms with Gasteiger partial charge in [-0.05, 0) is 30.9 Å². The summed E-state index contributed by atoms with van der Waals surface area (Å²) in [5.41, 5.74) is 7.97. The molecule has 1 aliphatic carbocycles. The molecule has 0 spiro atoms. The zero-order valence-electron chi connectivity index (χ0n) is 10.1. The van der Waals surface area contributed by atoms with Crippen molar-refractivity contribution in [3.8, 4) is 0 Å². The Morgan fingerprint density at radius 3 is 3.18 bits per heavy atom. The molecule has 0 saturated heterocycles. The number of hydrogen-bond acceptors (Lipinski definition) is 3. The maximum absolute atomic E-state index is 6.51. The Labute approximate surface area is 101 Å². The number of fused-ring (bicyclic) bond motifs is 1. The van der Waals surface area contributed by atoms with Gasteiger partial charge in [-0.1, -0.05) is 19.8 Å². The lowest BCUT2D eigenvalue weighted by molar-refractivity contribution is 0.230. The van der Waals surface area contributed by atoms with Gasteiger partial charge in [0.1, 0.15) is 5.82 Å². The fourth-order valence-electron chi connectivity index (χ4n) is 2.89. The van der Waals surface area contributed by atoms with Crippen molar-refractivity contribution in [3.63, 3.8) is 0 Å². The number of nitrogens with zero attached hydrogens (tertiary/aromatic N) is 2. The van der Waals surface area contributed by atoms with Crippen LogP contribution in [-0.4, -0.2) is 15.0 Å². The van der Waals surface area contributed by atoms with Crippen LogP contribution in [-0.2, 0) is 5.54 Å². The Balaban J connectivity index is 2.02. The van der Waals surface area contributed by atoms with Gasteiger partial charge in [0.15, 0.2) is 5.65 Å². The van der Waals surface area contributed by atoms with E-state index in [9.17, 15) is 0 Å². The van der Waals surface area contributed by atoms with Crippen LogP contribution in [0.5, 0.6) is 0 Å². The van der Waals surface area contributed by atoms with Gasteiger partial charge < -0.3 is 10.7 Å². The Kier molecular flexibility index (Phi) is 2.40. The number of rotatable bonds is 1. The van der Waals surface area contributed by atoms with E-state index in [2.05, 4.69) is 21.9 Å². The molecule has 4 nitrogen and oxygen atoms in total. The van der Waals surface area contributed by atoms with Gasteiger partial charge in [0, 0.05) is 6.20 Å². The molecule has 3 rings (SSSR count). The predicted molar refractivity (Wildman–Crippen MR) is 67.4 cm³/mol. The van der Waals surface area contributed by atoms with E-state index in [0.717, 1.165) is 29.8 Å². The number of H-pyrrole nitrogens is 1. The van der Waals surface area contributed by atoms with Crippen molar-refractivity contribution >= 4 is 11.2 Å². The second-order valence-corrected chi connectivity index (χ2v) is 5.32. The first-order chi connectivity index (χ1) is 8.17. The molecule has 0 aromatic carbocycles. The van der Waals surface area contributed by atoms with Crippen molar-refractivity contribution < 1.29 is 0 Å². The Morgan fingerprint density at radius 2 is 2.41 bits per heavy atom. The van der Waals surface area contributed by atoms with E-state index in [1.165, 1.54) is 12.8 Å². The van der Waals surface area contributed by atoms with Crippen LogP contribution in [0.2, 0.25) is 0 Å². The maximum atomic E-state index is 6.51. The second-order valence-electron chi connectivity index (χ2n) is 5.32. The molecule has 17 heavy (non-hydrogen) atoms. The van der Waals surface area contributed by atoms with Crippen LogP contribution in [0.1, 0.15) is 38.4 Å². The molecule has 0 bridgehead atoms. The molecule has 2 heterocycles.